The van der Waals surface area contributed by atoms with Crippen molar-refractivity contribution >= 4 is 11.6 Å². The van der Waals surface area contributed by atoms with Gasteiger partial charge in [0.1, 0.15) is 5.82 Å². The van der Waals surface area contributed by atoms with Crippen LogP contribution in [-0.4, -0.2) is 6.54 Å². The van der Waals surface area contributed by atoms with Gasteiger partial charge in [-0.15, -0.1) is 0 Å². The first kappa shape index (κ1) is 9.49. The molecule has 0 unspecified atom stereocenters. The molecule has 0 amide bonds. The molecule has 12 heavy (non-hydrogen) atoms. The van der Waals surface area contributed by atoms with Crippen LogP contribution in [0.4, 0.5) is 4.39 Å². The monoisotopic (exact) mass is 187 g/mol. The molecular weight excluding hydrogens is 177 g/mol. The van der Waals surface area contributed by atoms with Gasteiger partial charge in [-0.25, -0.2) is 4.39 Å². The Bertz CT molecular complexity index is 286. The van der Waals surface area contributed by atoms with Crippen molar-refractivity contribution in [2.75, 3.05) is 6.54 Å². The van der Waals surface area contributed by atoms with E-state index in [-0.39, 0.29) is 10.8 Å². The summed E-state index contributed by atoms with van der Waals surface area (Å²) >= 11 is 5.61. The molecule has 0 heterocycles. The van der Waals surface area contributed by atoms with Crippen LogP contribution in [0.25, 0.3) is 0 Å². The number of hydrogen-bond acceptors (Lipinski definition) is 1. The van der Waals surface area contributed by atoms with E-state index >= 15 is 0 Å². The predicted octanol–water partition coefficient (Wildman–Crippen LogP) is 2.29. The number of hydrogen-bond donors (Lipinski definition) is 1. The summed E-state index contributed by atoms with van der Waals surface area (Å²) in [6.45, 7) is 2.41. The van der Waals surface area contributed by atoms with Crippen LogP contribution in [0, 0.1) is 12.7 Å². The number of aryl methyl sites for hydroxylation is 1. The topological polar surface area (TPSA) is 26.0 Å². The molecular formula is C9H11ClFN. The highest BCUT2D eigenvalue weighted by atomic mass is 35.5. The summed E-state index contributed by atoms with van der Waals surface area (Å²) in [6.07, 6.45) is 0.742. The molecule has 0 aromatic heterocycles. The van der Waals surface area contributed by atoms with E-state index in [1.54, 1.807) is 6.07 Å². The zero-order chi connectivity index (χ0) is 9.14. The minimum Gasteiger partial charge on any atom is -0.330 e. The highest BCUT2D eigenvalue weighted by Crippen LogP contribution is 2.19. The van der Waals surface area contributed by atoms with Gasteiger partial charge in [0, 0.05) is 0 Å². The Labute approximate surface area is 76.3 Å². The Morgan fingerprint density at radius 2 is 2.17 bits per heavy atom. The van der Waals surface area contributed by atoms with Crippen LogP contribution in [0.3, 0.4) is 0 Å². The highest BCUT2D eigenvalue weighted by molar-refractivity contribution is 6.30. The van der Waals surface area contributed by atoms with Crippen molar-refractivity contribution in [2.24, 2.45) is 5.73 Å². The van der Waals surface area contributed by atoms with Crippen LogP contribution in [-0.2, 0) is 6.42 Å². The molecule has 0 saturated carbocycles. The summed E-state index contributed by atoms with van der Waals surface area (Å²) in [4.78, 5) is 0. The lowest BCUT2D eigenvalue weighted by Gasteiger charge is -2.05. The molecule has 1 aromatic rings. The molecule has 0 radical (unpaired) electrons. The van der Waals surface area contributed by atoms with Gasteiger partial charge in [0.05, 0.1) is 5.02 Å². The minimum atomic E-state index is -0.366. The fourth-order valence-corrected chi connectivity index (χ4v) is 1.30. The number of halogens is 2. The van der Waals surface area contributed by atoms with Gasteiger partial charge in [0.15, 0.2) is 0 Å². The molecule has 66 valence electrons. The summed E-state index contributed by atoms with van der Waals surface area (Å²) in [7, 11) is 0. The smallest absolute Gasteiger partial charge is 0.142 e. The van der Waals surface area contributed by atoms with E-state index < -0.39 is 0 Å². The van der Waals surface area contributed by atoms with Gasteiger partial charge in [-0.3, -0.25) is 0 Å². The maximum absolute atomic E-state index is 12.8. The first-order valence-electron chi connectivity index (χ1n) is 3.79. The van der Waals surface area contributed by atoms with Gasteiger partial charge >= 0.3 is 0 Å². The van der Waals surface area contributed by atoms with Crippen LogP contribution >= 0.6 is 11.6 Å². The molecule has 2 N–H and O–H groups in total. The van der Waals surface area contributed by atoms with E-state index in [0.717, 1.165) is 17.5 Å². The number of nitrogens with two attached hydrogens (primary N) is 1. The van der Waals surface area contributed by atoms with E-state index in [1.807, 2.05) is 6.92 Å². The van der Waals surface area contributed by atoms with Crippen molar-refractivity contribution < 1.29 is 4.39 Å². The highest BCUT2D eigenvalue weighted by Gasteiger charge is 2.04. The van der Waals surface area contributed by atoms with Crippen LogP contribution < -0.4 is 5.73 Å². The zero-order valence-electron chi connectivity index (χ0n) is 6.90. The number of benzene rings is 1. The average molecular weight is 188 g/mol. The maximum Gasteiger partial charge on any atom is 0.142 e. The Balaban J connectivity index is 3.05. The van der Waals surface area contributed by atoms with Gasteiger partial charge in [-0.2, -0.15) is 0 Å². The zero-order valence-corrected chi connectivity index (χ0v) is 7.66. The summed E-state index contributed by atoms with van der Waals surface area (Å²) in [5.74, 6) is -0.366. The lowest BCUT2D eigenvalue weighted by atomic mass is 10.1. The Hall–Kier alpha value is -0.600. The minimum absolute atomic E-state index is 0.170. The second-order valence-corrected chi connectivity index (χ2v) is 3.14. The van der Waals surface area contributed by atoms with Crippen molar-refractivity contribution in [2.45, 2.75) is 13.3 Å². The quantitative estimate of drug-likeness (QED) is 0.756. The van der Waals surface area contributed by atoms with Crippen LogP contribution in [0.5, 0.6) is 0 Å². The molecule has 0 aliphatic carbocycles. The maximum atomic E-state index is 12.8. The lowest BCUT2D eigenvalue weighted by molar-refractivity contribution is 0.626. The van der Waals surface area contributed by atoms with Crippen molar-refractivity contribution in [1.82, 2.24) is 0 Å². The van der Waals surface area contributed by atoms with Gasteiger partial charge in [0.2, 0.25) is 0 Å². The Morgan fingerprint density at radius 1 is 1.50 bits per heavy atom. The van der Waals surface area contributed by atoms with Gasteiger partial charge in [-0.1, -0.05) is 11.6 Å². The SMILES string of the molecule is Cc1cc(F)c(Cl)cc1CCN. The third-order valence-corrected chi connectivity index (χ3v) is 2.08. The standard InChI is InChI=1S/C9H11ClFN/c1-6-4-9(11)8(10)5-7(6)2-3-12/h4-5H,2-3,12H2,1H3. The molecule has 0 fully saturated rings. The van der Waals surface area contributed by atoms with Crippen molar-refractivity contribution in [3.63, 3.8) is 0 Å². The van der Waals surface area contributed by atoms with E-state index in [2.05, 4.69) is 0 Å². The van der Waals surface area contributed by atoms with E-state index in [0.29, 0.717) is 6.54 Å². The molecule has 0 saturated heterocycles. The van der Waals surface area contributed by atoms with Gasteiger partial charge < -0.3 is 5.73 Å². The van der Waals surface area contributed by atoms with Crippen LogP contribution in [0.1, 0.15) is 11.1 Å². The molecule has 0 aliphatic heterocycles. The molecule has 3 heteroatoms. The Kier molecular flexibility index (Phi) is 3.06. The second-order valence-electron chi connectivity index (χ2n) is 2.73. The van der Waals surface area contributed by atoms with Crippen LogP contribution in [0.2, 0.25) is 5.02 Å². The molecule has 0 atom stereocenters. The molecule has 0 aliphatic rings. The summed E-state index contributed by atoms with van der Waals surface area (Å²) in [5.41, 5.74) is 7.30. The molecule has 1 rings (SSSR count). The van der Waals surface area contributed by atoms with Crippen LogP contribution in [0.15, 0.2) is 12.1 Å². The fraction of sp³-hybridized carbons (Fsp3) is 0.333. The van der Waals surface area contributed by atoms with Gasteiger partial charge in [0.25, 0.3) is 0 Å². The molecule has 1 aromatic carbocycles. The largest absolute Gasteiger partial charge is 0.330 e. The summed E-state index contributed by atoms with van der Waals surface area (Å²) in [5, 5.41) is 0.170. The van der Waals surface area contributed by atoms with Crippen molar-refractivity contribution in [3.8, 4) is 0 Å². The van der Waals surface area contributed by atoms with Crippen molar-refractivity contribution in [1.29, 1.82) is 0 Å². The average Bonchev–Trinajstić information content (AvgIpc) is 2.01. The van der Waals surface area contributed by atoms with E-state index in [9.17, 15) is 4.39 Å². The molecule has 0 bridgehead atoms. The normalized spacial score (nSPS) is 10.3. The first-order chi connectivity index (χ1) is 5.65. The fourth-order valence-electron chi connectivity index (χ4n) is 1.11. The molecule has 0 spiro atoms. The number of rotatable bonds is 2. The lowest BCUT2D eigenvalue weighted by Crippen LogP contribution is -2.04. The van der Waals surface area contributed by atoms with Crippen molar-refractivity contribution in [3.05, 3.63) is 34.1 Å². The van der Waals surface area contributed by atoms with E-state index in [1.165, 1.54) is 6.07 Å². The van der Waals surface area contributed by atoms with E-state index in [4.69, 9.17) is 17.3 Å². The second kappa shape index (κ2) is 3.87. The summed E-state index contributed by atoms with van der Waals surface area (Å²) < 4.78 is 12.8. The molecule has 1 nitrogen and oxygen atoms in total. The van der Waals surface area contributed by atoms with Gasteiger partial charge in [-0.05, 0) is 43.1 Å². The Morgan fingerprint density at radius 3 is 2.75 bits per heavy atom. The first-order valence-corrected chi connectivity index (χ1v) is 4.17. The third kappa shape index (κ3) is 1.96. The predicted molar refractivity (Wildman–Crippen MR) is 48.9 cm³/mol. The third-order valence-electron chi connectivity index (χ3n) is 1.79. The summed E-state index contributed by atoms with van der Waals surface area (Å²) in [6, 6.07) is 3.08.